The molecule has 0 aliphatic rings. The number of benzene rings is 1. The van der Waals surface area contributed by atoms with Crippen LogP contribution in [0.1, 0.15) is 31.5 Å². The van der Waals surface area contributed by atoms with E-state index < -0.39 is 0 Å². The van der Waals surface area contributed by atoms with E-state index in [0.717, 1.165) is 24.2 Å². The van der Waals surface area contributed by atoms with Crippen molar-refractivity contribution in [2.24, 2.45) is 5.73 Å². The predicted octanol–water partition coefficient (Wildman–Crippen LogP) is 2.79. The van der Waals surface area contributed by atoms with Crippen LogP contribution in [0.15, 0.2) is 35.4 Å². The second kappa shape index (κ2) is 6.02. The van der Waals surface area contributed by atoms with Crippen molar-refractivity contribution in [2.75, 3.05) is 6.26 Å². The van der Waals surface area contributed by atoms with E-state index in [4.69, 9.17) is 5.73 Å². The Morgan fingerprint density at radius 2 is 2.06 bits per heavy atom. The van der Waals surface area contributed by atoms with Crippen LogP contribution in [-0.4, -0.2) is 21.2 Å². The molecule has 5 heteroatoms. The molecule has 2 N–H and O–H groups in total. The second-order valence-corrected chi connectivity index (χ2v) is 5.06. The molecule has 0 aliphatic carbocycles. The van der Waals surface area contributed by atoms with Gasteiger partial charge >= 0.3 is 0 Å². The number of nitrogens with zero attached hydrogens (tertiary/aromatic N) is 3. The van der Waals surface area contributed by atoms with E-state index in [1.807, 2.05) is 18.3 Å². The Morgan fingerprint density at radius 1 is 1.33 bits per heavy atom. The van der Waals surface area contributed by atoms with Crippen LogP contribution in [0.5, 0.6) is 0 Å². The minimum absolute atomic E-state index is 0.0192. The highest BCUT2D eigenvalue weighted by atomic mass is 32.2. The summed E-state index contributed by atoms with van der Waals surface area (Å²) in [5, 5.41) is 8.26. The average molecular weight is 262 g/mol. The van der Waals surface area contributed by atoms with Gasteiger partial charge in [0, 0.05) is 4.90 Å². The Kier molecular flexibility index (Phi) is 4.38. The summed E-state index contributed by atoms with van der Waals surface area (Å²) in [6.45, 7) is 2.12. The number of aromatic nitrogens is 3. The lowest BCUT2D eigenvalue weighted by Gasteiger charge is -2.04. The third-order valence-corrected chi connectivity index (χ3v) is 3.57. The maximum atomic E-state index is 6.02. The van der Waals surface area contributed by atoms with E-state index in [-0.39, 0.29) is 6.04 Å². The molecule has 1 aromatic heterocycles. The molecule has 0 saturated heterocycles. The largest absolute Gasteiger partial charge is 0.323 e. The number of hydrogen-bond acceptors (Lipinski definition) is 4. The van der Waals surface area contributed by atoms with Crippen molar-refractivity contribution in [3.63, 3.8) is 0 Å². The summed E-state index contributed by atoms with van der Waals surface area (Å²) in [6, 6.07) is 8.21. The second-order valence-electron chi connectivity index (χ2n) is 4.18. The van der Waals surface area contributed by atoms with E-state index >= 15 is 0 Å². The molecular formula is C13H18N4S. The minimum atomic E-state index is -0.0192. The van der Waals surface area contributed by atoms with Gasteiger partial charge in [-0.1, -0.05) is 18.6 Å². The summed E-state index contributed by atoms with van der Waals surface area (Å²) in [5.74, 6) is 0. The van der Waals surface area contributed by atoms with E-state index in [0.29, 0.717) is 0 Å². The minimum Gasteiger partial charge on any atom is -0.323 e. The molecule has 18 heavy (non-hydrogen) atoms. The molecule has 1 atom stereocenters. The van der Waals surface area contributed by atoms with E-state index in [1.165, 1.54) is 4.90 Å². The van der Waals surface area contributed by atoms with E-state index in [2.05, 4.69) is 35.6 Å². The molecule has 1 heterocycles. The first-order valence-corrected chi connectivity index (χ1v) is 7.29. The van der Waals surface area contributed by atoms with Gasteiger partial charge in [0.25, 0.3) is 0 Å². The summed E-state index contributed by atoms with van der Waals surface area (Å²) in [4.78, 5) is 1.24. The summed E-state index contributed by atoms with van der Waals surface area (Å²) in [5.41, 5.74) is 7.89. The number of thioether (sulfide) groups is 1. The Morgan fingerprint density at radius 3 is 2.67 bits per heavy atom. The van der Waals surface area contributed by atoms with Gasteiger partial charge < -0.3 is 5.73 Å². The van der Waals surface area contributed by atoms with Gasteiger partial charge in [-0.3, -0.25) is 0 Å². The quantitative estimate of drug-likeness (QED) is 0.842. The SMILES string of the molecule is CCCC(N)c1cn(-c2ccc(SC)cc2)nn1. The fourth-order valence-electron chi connectivity index (χ4n) is 1.77. The van der Waals surface area contributed by atoms with Crippen LogP contribution in [0.3, 0.4) is 0 Å². The summed E-state index contributed by atoms with van der Waals surface area (Å²) in [6.07, 6.45) is 5.96. The topological polar surface area (TPSA) is 56.7 Å². The molecule has 0 amide bonds. The smallest absolute Gasteiger partial charge is 0.0998 e. The van der Waals surface area contributed by atoms with Crippen molar-refractivity contribution in [2.45, 2.75) is 30.7 Å². The Bertz CT molecular complexity index is 492. The number of hydrogen-bond donors (Lipinski definition) is 1. The molecule has 0 bridgehead atoms. The van der Waals surface area contributed by atoms with E-state index in [1.54, 1.807) is 16.4 Å². The average Bonchev–Trinajstić information content (AvgIpc) is 2.89. The number of rotatable bonds is 5. The van der Waals surface area contributed by atoms with E-state index in [9.17, 15) is 0 Å². The molecule has 96 valence electrons. The molecule has 4 nitrogen and oxygen atoms in total. The maximum absolute atomic E-state index is 6.02. The fourth-order valence-corrected chi connectivity index (χ4v) is 2.17. The first kappa shape index (κ1) is 13.1. The van der Waals surface area contributed by atoms with Gasteiger partial charge in [-0.05, 0) is 36.9 Å². The van der Waals surface area contributed by atoms with Crippen molar-refractivity contribution in [1.82, 2.24) is 15.0 Å². The normalized spacial score (nSPS) is 12.6. The molecule has 0 spiro atoms. The van der Waals surface area contributed by atoms with Crippen LogP contribution in [0.4, 0.5) is 0 Å². The lowest BCUT2D eigenvalue weighted by molar-refractivity contribution is 0.619. The zero-order valence-corrected chi connectivity index (χ0v) is 11.5. The highest BCUT2D eigenvalue weighted by Gasteiger charge is 2.10. The molecule has 2 rings (SSSR count). The van der Waals surface area contributed by atoms with Gasteiger partial charge in [-0.15, -0.1) is 16.9 Å². The Balaban J connectivity index is 2.18. The van der Waals surface area contributed by atoms with Gasteiger partial charge in [0.05, 0.1) is 23.6 Å². The first-order valence-electron chi connectivity index (χ1n) is 6.07. The Labute approximate surface area is 112 Å². The zero-order chi connectivity index (χ0) is 13.0. The van der Waals surface area contributed by atoms with Crippen LogP contribution in [0.25, 0.3) is 5.69 Å². The monoisotopic (exact) mass is 262 g/mol. The van der Waals surface area contributed by atoms with Crippen LogP contribution < -0.4 is 5.73 Å². The van der Waals surface area contributed by atoms with Crippen LogP contribution >= 0.6 is 11.8 Å². The number of nitrogens with two attached hydrogens (primary N) is 1. The molecule has 0 fully saturated rings. The first-order chi connectivity index (χ1) is 8.74. The standard InChI is InChI=1S/C13H18N4S/c1-3-4-12(14)13-9-17(16-15-13)10-5-7-11(18-2)8-6-10/h5-9,12H,3-4,14H2,1-2H3. The molecule has 0 saturated carbocycles. The summed E-state index contributed by atoms with van der Waals surface area (Å²) < 4.78 is 1.77. The molecule has 1 unspecified atom stereocenters. The lowest BCUT2D eigenvalue weighted by Crippen LogP contribution is -2.09. The van der Waals surface area contributed by atoms with Gasteiger partial charge in [0.1, 0.15) is 0 Å². The van der Waals surface area contributed by atoms with Gasteiger partial charge in [-0.25, -0.2) is 4.68 Å². The molecule has 0 radical (unpaired) electrons. The predicted molar refractivity (Wildman–Crippen MR) is 75.0 cm³/mol. The summed E-state index contributed by atoms with van der Waals surface area (Å²) in [7, 11) is 0. The van der Waals surface area contributed by atoms with Crippen molar-refractivity contribution >= 4 is 11.8 Å². The highest BCUT2D eigenvalue weighted by Crippen LogP contribution is 2.18. The van der Waals surface area contributed by atoms with Crippen LogP contribution in [0.2, 0.25) is 0 Å². The fraction of sp³-hybridized carbons (Fsp3) is 0.385. The van der Waals surface area contributed by atoms with Crippen LogP contribution in [0, 0.1) is 0 Å². The molecule has 1 aromatic carbocycles. The van der Waals surface area contributed by atoms with Crippen LogP contribution in [-0.2, 0) is 0 Å². The third-order valence-electron chi connectivity index (χ3n) is 2.83. The molecule has 0 aliphatic heterocycles. The van der Waals surface area contributed by atoms with Crippen molar-refractivity contribution in [3.05, 3.63) is 36.2 Å². The molecular weight excluding hydrogens is 244 g/mol. The zero-order valence-electron chi connectivity index (χ0n) is 10.7. The van der Waals surface area contributed by atoms with Gasteiger partial charge in [-0.2, -0.15) is 0 Å². The van der Waals surface area contributed by atoms with Crippen molar-refractivity contribution in [1.29, 1.82) is 0 Å². The highest BCUT2D eigenvalue weighted by molar-refractivity contribution is 7.98. The summed E-state index contributed by atoms with van der Waals surface area (Å²) >= 11 is 1.72. The Hall–Kier alpha value is -1.33. The van der Waals surface area contributed by atoms with Crippen molar-refractivity contribution in [3.8, 4) is 5.69 Å². The van der Waals surface area contributed by atoms with Gasteiger partial charge in [0.2, 0.25) is 0 Å². The molecule has 2 aromatic rings. The third kappa shape index (κ3) is 2.91. The van der Waals surface area contributed by atoms with Crippen molar-refractivity contribution < 1.29 is 0 Å². The lowest BCUT2D eigenvalue weighted by atomic mass is 10.1. The maximum Gasteiger partial charge on any atom is 0.0998 e. The van der Waals surface area contributed by atoms with Gasteiger partial charge in [0.15, 0.2) is 0 Å².